The molecule has 0 spiro atoms. The predicted octanol–water partition coefficient (Wildman–Crippen LogP) is 2.98. The molecule has 0 saturated carbocycles. The Bertz CT molecular complexity index is 551. The molecular weight excluding hydrogens is 334 g/mol. The van der Waals surface area contributed by atoms with Crippen molar-refractivity contribution in [3.63, 3.8) is 0 Å². The maximum absolute atomic E-state index is 13.5. The van der Waals surface area contributed by atoms with Crippen LogP contribution in [0.15, 0.2) is 24.5 Å². The summed E-state index contributed by atoms with van der Waals surface area (Å²) in [6, 6.07) is 3.06. The Hall–Kier alpha value is -0.950. The number of benzene rings is 1. The molecule has 0 aliphatic heterocycles. The van der Waals surface area contributed by atoms with E-state index in [-0.39, 0.29) is 5.82 Å². The van der Waals surface area contributed by atoms with Crippen LogP contribution in [-0.4, -0.2) is 14.9 Å². The Labute approximate surface area is 112 Å². The van der Waals surface area contributed by atoms with Crippen LogP contribution in [0.1, 0.15) is 24.2 Å². The third kappa shape index (κ3) is 2.50. The summed E-state index contributed by atoms with van der Waals surface area (Å²) in [7, 11) is 0. The predicted molar refractivity (Wildman–Crippen MR) is 71.6 cm³/mol. The van der Waals surface area contributed by atoms with Gasteiger partial charge in [-0.3, -0.25) is 0 Å². The zero-order valence-electron chi connectivity index (χ0n) is 9.48. The Morgan fingerprint density at radius 2 is 2.18 bits per heavy atom. The van der Waals surface area contributed by atoms with Crippen molar-refractivity contribution in [3.8, 4) is 5.69 Å². The summed E-state index contributed by atoms with van der Waals surface area (Å²) in [6.45, 7) is 3.31. The van der Waals surface area contributed by atoms with Gasteiger partial charge in [0.1, 0.15) is 5.82 Å². The van der Waals surface area contributed by atoms with Crippen LogP contribution >= 0.6 is 22.6 Å². The molecule has 0 amide bonds. The number of nitrogens with zero attached hydrogens (tertiary/aromatic N) is 2. The van der Waals surface area contributed by atoms with E-state index in [9.17, 15) is 9.50 Å². The van der Waals surface area contributed by atoms with Crippen molar-refractivity contribution in [2.45, 2.75) is 20.0 Å². The molecule has 90 valence electrons. The number of aryl methyl sites for hydroxylation is 1. The van der Waals surface area contributed by atoms with E-state index in [1.165, 1.54) is 6.07 Å². The van der Waals surface area contributed by atoms with Crippen molar-refractivity contribution in [1.29, 1.82) is 0 Å². The molecule has 1 N–H and O–H groups in total. The molecule has 5 heteroatoms. The van der Waals surface area contributed by atoms with Crippen LogP contribution in [0.5, 0.6) is 0 Å². The fourth-order valence-electron chi connectivity index (χ4n) is 1.65. The minimum absolute atomic E-state index is 0.313. The summed E-state index contributed by atoms with van der Waals surface area (Å²) in [4.78, 5) is 0. The van der Waals surface area contributed by atoms with Gasteiger partial charge in [0.05, 0.1) is 21.6 Å². The fraction of sp³-hybridized carbons (Fsp3) is 0.250. The highest BCUT2D eigenvalue weighted by molar-refractivity contribution is 14.1. The normalized spacial score (nSPS) is 12.8. The zero-order valence-corrected chi connectivity index (χ0v) is 11.6. The summed E-state index contributed by atoms with van der Waals surface area (Å²) in [5.41, 5.74) is 1.78. The van der Waals surface area contributed by atoms with Gasteiger partial charge in [0, 0.05) is 11.8 Å². The molecule has 0 aliphatic carbocycles. The molecule has 0 aliphatic rings. The summed E-state index contributed by atoms with van der Waals surface area (Å²) in [5.74, 6) is -0.313. The maximum Gasteiger partial charge on any atom is 0.126 e. The van der Waals surface area contributed by atoms with E-state index in [2.05, 4.69) is 27.7 Å². The molecule has 17 heavy (non-hydrogen) atoms. The third-order valence-electron chi connectivity index (χ3n) is 2.56. The standard InChI is InChI=1S/C12H12FIN2O/c1-7-3-12(16-6-9(14)5-15-16)10(8(2)17)4-11(7)13/h3-6,8,17H,1-2H3. The van der Waals surface area contributed by atoms with Crippen molar-refractivity contribution < 1.29 is 9.50 Å². The molecule has 1 aromatic carbocycles. The van der Waals surface area contributed by atoms with Crippen molar-refractivity contribution in [1.82, 2.24) is 9.78 Å². The topological polar surface area (TPSA) is 38.0 Å². The number of hydrogen-bond donors (Lipinski definition) is 1. The van der Waals surface area contributed by atoms with Crippen molar-refractivity contribution in [2.75, 3.05) is 0 Å². The van der Waals surface area contributed by atoms with Crippen LogP contribution < -0.4 is 0 Å². The fourth-order valence-corrected chi connectivity index (χ4v) is 2.04. The Morgan fingerprint density at radius 3 is 2.71 bits per heavy atom. The maximum atomic E-state index is 13.5. The second-order valence-corrected chi connectivity index (χ2v) is 5.18. The van der Waals surface area contributed by atoms with E-state index in [4.69, 9.17) is 0 Å². The van der Waals surface area contributed by atoms with Gasteiger partial charge in [-0.1, -0.05) is 0 Å². The van der Waals surface area contributed by atoms with E-state index in [1.807, 2.05) is 6.20 Å². The molecule has 3 nitrogen and oxygen atoms in total. The minimum atomic E-state index is -0.734. The summed E-state index contributed by atoms with van der Waals surface area (Å²) in [5, 5.41) is 13.9. The van der Waals surface area contributed by atoms with Crippen LogP contribution in [0.25, 0.3) is 5.69 Å². The molecular formula is C12H12FIN2O. The van der Waals surface area contributed by atoms with E-state index in [0.29, 0.717) is 16.8 Å². The molecule has 1 unspecified atom stereocenters. The molecule has 2 aromatic rings. The number of hydrogen-bond acceptors (Lipinski definition) is 2. The molecule has 1 atom stereocenters. The Kier molecular flexibility index (Phi) is 3.48. The summed E-state index contributed by atoms with van der Waals surface area (Å²) in [6.07, 6.45) is 2.81. The molecule has 1 heterocycles. The average molecular weight is 346 g/mol. The first-order chi connectivity index (χ1) is 7.99. The lowest BCUT2D eigenvalue weighted by atomic mass is 10.1. The first kappa shape index (κ1) is 12.5. The van der Waals surface area contributed by atoms with Crippen LogP contribution in [0.3, 0.4) is 0 Å². The number of halogens is 2. The number of aliphatic hydroxyl groups is 1. The molecule has 0 radical (unpaired) electrons. The molecule has 0 fully saturated rings. The van der Waals surface area contributed by atoms with Crippen molar-refractivity contribution in [2.24, 2.45) is 0 Å². The van der Waals surface area contributed by atoms with Crippen LogP contribution in [0.2, 0.25) is 0 Å². The third-order valence-corrected chi connectivity index (χ3v) is 3.11. The van der Waals surface area contributed by atoms with Gasteiger partial charge in [0.15, 0.2) is 0 Å². The van der Waals surface area contributed by atoms with Crippen molar-refractivity contribution in [3.05, 3.63) is 45.0 Å². The number of aliphatic hydroxyl groups excluding tert-OH is 1. The van der Waals surface area contributed by atoms with Crippen LogP contribution in [-0.2, 0) is 0 Å². The van der Waals surface area contributed by atoms with Gasteiger partial charge in [-0.05, 0) is 54.1 Å². The Balaban J connectivity index is 2.63. The lowest BCUT2D eigenvalue weighted by molar-refractivity contribution is 0.198. The second kappa shape index (κ2) is 4.73. The van der Waals surface area contributed by atoms with Gasteiger partial charge in [-0.25, -0.2) is 9.07 Å². The molecule has 2 rings (SSSR count). The minimum Gasteiger partial charge on any atom is -0.389 e. The van der Waals surface area contributed by atoms with E-state index >= 15 is 0 Å². The van der Waals surface area contributed by atoms with Gasteiger partial charge >= 0.3 is 0 Å². The van der Waals surface area contributed by atoms with Gasteiger partial charge < -0.3 is 5.11 Å². The molecule has 0 saturated heterocycles. The lowest BCUT2D eigenvalue weighted by Gasteiger charge is -2.13. The highest BCUT2D eigenvalue weighted by Crippen LogP contribution is 2.25. The zero-order chi connectivity index (χ0) is 12.6. The lowest BCUT2D eigenvalue weighted by Crippen LogP contribution is -2.05. The second-order valence-electron chi connectivity index (χ2n) is 3.94. The smallest absolute Gasteiger partial charge is 0.126 e. The van der Waals surface area contributed by atoms with Gasteiger partial charge in [-0.2, -0.15) is 5.10 Å². The van der Waals surface area contributed by atoms with Gasteiger partial charge in [0.2, 0.25) is 0 Å². The Morgan fingerprint density at radius 1 is 1.47 bits per heavy atom. The SMILES string of the molecule is Cc1cc(-n2cc(I)cn2)c(C(C)O)cc1F. The summed E-state index contributed by atoms with van der Waals surface area (Å²) >= 11 is 2.15. The monoisotopic (exact) mass is 346 g/mol. The largest absolute Gasteiger partial charge is 0.389 e. The van der Waals surface area contributed by atoms with Crippen LogP contribution in [0.4, 0.5) is 4.39 Å². The number of rotatable bonds is 2. The molecule has 0 bridgehead atoms. The highest BCUT2D eigenvalue weighted by atomic mass is 127. The number of aromatic nitrogens is 2. The van der Waals surface area contributed by atoms with E-state index < -0.39 is 6.10 Å². The first-order valence-electron chi connectivity index (χ1n) is 5.17. The van der Waals surface area contributed by atoms with E-state index in [0.717, 1.165) is 3.57 Å². The highest BCUT2D eigenvalue weighted by Gasteiger charge is 2.13. The van der Waals surface area contributed by atoms with Crippen molar-refractivity contribution >= 4 is 22.6 Å². The van der Waals surface area contributed by atoms with Gasteiger partial charge in [0.25, 0.3) is 0 Å². The average Bonchev–Trinajstić information content (AvgIpc) is 2.68. The molecule has 1 aromatic heterocycles. The summed E-state index contributed by atoms with van der Waals surface area (Å²) < 4.78 is 16.1. The van der Waals surface area contributed by atoms with E-state index in [1.54, 1.807) is 30.8 Å². The van der Waals surface area contributed by atoms with Gasteiger partial charge in [-0.15, -0.1) is 0 Å². The van der Waals surface area contributed by atoms with Crippen LogP contribution in [0, 0.1) is 16.3 Å². The quantitative estimate of drug-likeness (QED) is 0.849. The first-order valence-corrected chi connectivity index (χ1v) is 6.25.